The van der Waals surface area contributed by atoms with Crippen LogP contribution in [0.25, 0.3) is 0 Å². The number of rotatable bonds is 7. The SMILES string of the molecule is C=C(C)C(=O)NC(C(=O)O)C(C)c1ccc(OC)c(OC)c1. The van der Waals surface area contributed by atoms with Crippen molar-refractivity contribution in [2.24, 2.45) is 0 Å². The number of hydrogen-bond donors (Lipinski definition) is 2. The van der Waals surface area contributed by atoms with Gasteiger partial charge in [0, 0.05) is 11.5 Å². The Morgan fingerprint density at radius 3 is 2.27 bits per heavy atom. The van der Waals surface area contributed by atoms with Crippen molar-refractivity contribution in [3.63, 3.8) is 0 Å². The number of methoxy groups -OCH3 is 2. The summed E-state index contributed by atoms with van der Waals surface area (Å²) in [6, 6.07) is 4.08. The van der Waals surface area contributed by atoms with Gasteiger partial charge in [-0.15, -0.1) is 0 Å². The van der Waals surface area contributed by atoms with E-state index < -0.39 is 23.8 Å². The van der Waals surface area contributed by atoms with Crippen LogP contribution < -0.4 is 14.8 Å². The van der Waals surface area contributed by atoms with Crippen LogP contribution in [0.4, 0.5) is 0 Å². The van der Waals surface area contributed by atoms with E-state index in [2.05, 4.69) is 11.9 Å². The number of carbonyl (C=O) groups is 2. The van der Waals surface area contributed by atoms with Crippen molar-refractivity contribution in [3.8, 4) is 11.5 Å². The third-order valence-corrected chi connectivity index (χ3v) is 3.37. The molecule has 1 amide bonds. The molecule has 0 aliphatic heterocycles. The molecule has 0 bridgehead atoms. The van der Waals surface area contributed by atoms with Crippen LogP contribution in [0, 0.1) is 0 Å². The number of aliphatic carboxylic acids is 1. The van der Waals surface area contributed by atoms with E-state index in [4.69, 9.17) is 9.47 Å². The number of ether oxygens (including phenoxy) is 2. The summed E-state index contributed by atoms with van der Waals surface area (Å²) in [6.45, 7) is 6.75. The average Bonchev–Trinajstić information content (AvgIpc) is 2.50. The van der Waals surface area contributed by atoms with E-state index in [9.17, 15) is 14.7 Å². The molecule has 6 nitrogen and oxygen atoms in total. The zero-order chi connectivity index (χ0) is 16.9. The molecule has 0 saturated carbocycles. The zero-order valence-electron chi connectivity index (χ0n) is 13.2. The number of carbonyl (C=O) groups excluding carboxylic acids is 1. The third-order valence-electron chi connectivity index (χ3n) is 3.37. The zero-order valence-corrected chi connectivity index (χ0v) is 13.2. The number of hydrogen-bond acceptors (Lipinski definition) is 4. The second kappa shape index (κ2) is 7.49. The highest BCUT2D eigenvalue weighted by Gasteiger charge is 2.28. The quantitative estimate of drug-likeness (QED) is 0.752. The lowest BCUT2D eigenvalue weighted by Gasteiger charge is -2.22. The number of benzene rings is 1. The normalized spacial score (nSPS) is 12.9. The molecule has 120 valence electrons. The lowest BCUT2D eigenvalue weighted by Crippen LogP contribution is -2.44. The summed E-state index contributed by atoms with van der Waals surface area (Å²) in [6.07, 6.45) is 0. The fourth-order valence-corrected chi connectivity index (χ4v) is 1.99. The standard InChI is InChI=1S/C16H21NO5/c1-9(2)15(18)17-14(16(19)20)10(3)11-6-7-12(21-4)13(8-11)22-5/h6-8,10,14H,1H2,2-5H3,(H,17,18)(H,19,20). The van der Waals surface area contributed by atoms with E-state index in [-0.39, 0.29) is 5.57 Å². The van der Waals surface area contributed by atoms with Gasteiger partial charge in [-0.25, -0.2) is 4.79 Å². The van der Waals surface area contributed by atoms with Crippen molar-refractivity contribution in [2.45, 2.75) is 25.8 Å². The van der Waals surface area contributed by atoms with E-state index in [1.165, 1.54) is 21.1 Å². The van der Waals surface area contributed by atoms with Gasteiger partial charge < -0.3 is 19.9 Å². The van der Waals surface area contributed by atoms with Gasteiger partial charge in [0.2, 0.25) is 5.91 Å². The lowest BCUT2D eigenvalue weighted by molar-refractivity contribution is -0.141. The molecule has 6 heteroatoms. The predicted octanol–water partition coefficient (Wildman–Crippen LogP) is 1.95. The van der Waals surface area contributed by atoms with Crippen LogP contribution in [0.3, 0.4) is 0 Å². The Morgan fingerprint density at radius 2 is 1.82 bits per heavy atom. The van der Waals surface area contributed by atoms with Crippen molar-refractivity contribution < 1.29 is 24.2 Å². The summed E-state index contributed by atoms with van der Waals surface area (Å²) >= 11 is 0. The molecular weight excluding hydrogens is 286 g/mol. The molecule has 0 aliphatic rings. The maximum Gasteiger partial charge on any atom is 0.326 e. The van der Waals surface area contributed by atoms with Crippen molar-refractivity contribution in [1.82, 2.24) is 5.32 Å². The van der Waals surface area contributed by atoms with Gasteiger partial charge in [-0.3, -0.25) is 4.79 Å². The van der Waals surface area contributed by atoms with Gasteiger partial charge >= 0.3 is 5.97 Å². The molecule has 1 rings (SSSR count). The Balaban J connectivity index is 3.09. The smallest absolute Gasteiger partial charge is 0.326 e. The van der Waals surface area contributed by atoms with Crippen molar-refractivity contribution in [1.29, 1.82) is 0 Å². The summed E-state index contributed by atoms with van der Waals surface area (Å²) in [5.41, 5.74) is 0.970. The lowest BCUT2D eigenvalue weighted by atomic mass is 9.92. The van der Waals surface area contributed by atoms with Crippen LogP contribution in [0.2, 0.25) is 0 Å². The molecule has 22 heavy (non-hydrogen) atoms. The second-order valence-electron chi connectivity index (χ2n) is 4.97. The molecule has 0 spiro atoms. The molecule has 0 aliphatic carbocycles. The molecule has 2 atom stereocenters. The minimum Gasteiger partial charge on any atom is -0.493 e. The maximum absolute atomic E-state index is 11.7. The van der Waals surface area contributed by atoms with E-state index in [1.807, 2.05) is 0 Å². The van der Waals surface area contributed by atoms with Gasteiger partial charge in [-0.05, 0) is 24.6 Å². The fourth-order valence-electron chi connectivity index (χ4n) is 1.99. The summed E-state index contributed by atoms with van der Waals surface area (Å²) in [5, 5.41) is 11.8. The summed E-state index contributed by atoms with van der Waals surface area (Å²) in [5.74, 6) is -1.00. The average molecular weight is 307 g/mol. The minimum atomic E-state index is -1.11. The van der Waals surface area contributed by atoms with Crippen molar-refractivity contribution >= 4 is 11.9 Å². The Morgan fingerprint density at radius 1 is 1.23 bits per heavy atom. The van der Waals surface area contributed by atoms with Crippen molar-refractivity contribution in [3.05, 3.63) is 35.9 Å². The minimum absolute atomic E-state index is 0.255. The number of carboxylic acids is 1. The Labute approximate surface area is 129 Å². The Kier molecular flexibility index (Phi) is 5.98. The van der Waals surface area contributed by atoms with Gasteiger partial charge in [0.1, 0.15) is 6.04 Å². The van der Waals surface area contributed by atoms with Crippen LogP contribution in [0.1, 0.15) is 25.3 Å². The maximum atomic E-state index is 11.7. The third kappa shape index (κ3) is 4.00. The second-order valence-corrected chi connectivity index (χ2v) is 4.97. The first-order valence-electron chi connectivity index (χ1n) is 6.72. The van der Waals surface area contributed by atoms with Crippen LogP contribution in [0.15, 0.2) is 30.4 Å². The summed E-state index contributed by atoms with van der Waals surface area (Å²) < 4.78 is 10.4. The summed E-state index contributed by atoms with van der Waals surface area (Å²) in [7, 11) is 3.03. The first kappa shape index (κ1) is 17.6. The van der Waals surface area contributed by atoms with E-state index >= 15 is 0 Å². The van der Waals surface area contributed by atoms with Crippen LogP contribution in [-0.4, -0.2) is 37.2 Å². The molecule has 0 fully saturated rings. The summed E-state index contributed by atoms with van der Waals surface area (Å²) in [4.78, 5) is 23.1. The largest absolute Gasteiger partial charge is 0.493 e. The molecule has 1 aromatic carbocycles. The van der Waals surface area contributed by atoms with Gasteiger partial charge in [0.15, 0.2) is 11.5 Å². The topological polar surface area (TPSA) is 84.9 Å². The van der Waals surface area contributed by atoms with Gasteiger partial charge in [0.05, 0.1) is 14.2 Å². The number of carboxylic acid groups (broad SMARTS) is 1. The molecule has 0 heterocycles. The molecular formula is C16H21NO5. The predicted molar refractivity (Wildman–Crippen MR) is 82.3 cm³/mol. The molecule has 0 aromatic heterocycles. The molecule has 0 radical (unpaired) electrons. The van der Waals surface area contributed by atoms with Gasteiger partial charge in [-0.2, -0.15) is 0 Å². The number of amides is 1. The van der Waals surface area contributed by atoms with Gasteiger partial charge in [-0.1, -0.05) is 19.6 Å². The highest BCUT2D eigenvalue weighted by molar-refractivity contribution is 5.95. The van der Waals surface area contributed by atoms with Crippen LogP contribution in [-0.2, 0) is 9.59 Å². The monoisotopic (exact) mass is 307 g/mol. The van der Waals surface area contributed by atoms with Crippen molar-refractivity contribution in [2.75, 3.05) is 14.2 Å². The Bertz CT molecular complexity index is 582. The van der Waals surface area contributed by atoms with Crippen LogP contribution in [0.5, 0.6) is 11.5 Å². The van der Waals surface area contributed by atoms with Gasteiger partial charge in [0.25, 0.3) is 0 Å². The van der Waals surface area contributed by atoms with E-state index in [0.29, 0.717) is 17.1 Å². The fraction of sp³-hybridized carbons (Fsp3) is 0.375. The first-order chi connectivity index (χ1) is 10.3. The van der Waals surface area contributed by atoms with E-state index in [1.54, 1.807) is 25.1 Å². The highest BCUT2D eigenvalue weighted by Crippen LogP contribution is 2.31. The van der Waals surface area contributed by atoms with E-state index in [0.717, 1.165) is 0 Å². The molecule has 1 aromatic rings. The number of nitrogens with one attached hydrogen (secondary N) is 1. The first-order valence-corrected chi connectivity index (χ1v) is 6.72. The molecule has 2 N–H and O–H groups in total. The highest BCUT2D eigenvalue weighted by atomic mass is 16.5. The Hall–Kier alpha value is -2.50. The molecule has 2 unspecified atom stereocenters. The molecule has 0 saturated heterocycles. The van der Waals surface area contributed by atoms with Crippen LogP contribution >= 0.6 is 0 Å².